The van der Waals surface area contributed by atoms with E-state index in [-0.39, 0.29) is 5.92 Å². The zero-order valence-electron chi connectivity index (χ0n) is 10.0. The smallest absolute Gasteiger partial charge is 0.0669 e. The molecule has 0 aromatic carbocycles. The van der Waals surface area contributed by atoms with Crippen molar-refractivity contribution >= 4 is 0 Å². The summed E-state index contributed by atoms with van der Waals surface area (Å²) in [7, 11) is 0. The van der Waals surface area contributed by atoms with Gasteiger partial charge in [-0.25, -0.2) is 0 Å². The Morgan fingerprint density at radius 1 is 1.53 bits per heavy atom. The van der Waals surface area contributed by atoms with Crippen LogP contribution in [-0.4, -0.2) is 6.54 Å². The van der Waals surface area contributed by atoms with E-state index >= 15 is 0 Å². The van der Waals surface area contributed by atoms with Gasteiger partial charge < -0.3 is 5.73 Å². The van der Waals surface area contributed by atoms with Gasteiger partial charge in [0.1, 0.15) is 0 Å². The van der Waals surface area contributed by atoms with Gasteiger partial charge in [-0.15, -0.1) is 0 Å². The van der Waals surface area contributed by atoms with E-state index in [0.717, 1.165) is 30.1 Å². The van der Waals surface area contributed by atoms with E-state index in [1.165, 1.54) is 6.42 Å². The van der Waals surface area contributed by atoms with E-state index in [4.69, 9.17) is 11.0 Å². The van der Waals surface area contributed by atoms with E-state index in [1.807, 2.05) is 0 Å². The SMILES string of the molecule is CC1CC1C1C(C)[C@]1(C)CC(C#N)CN. The van der Waals surface area contributed by atoms with Crippen molar-refractivity contribution in [2.45, 2.75) is 33.6 Å². The van der Waals surface area contributed by atoms with Crippen molar-refractivity contribution in [2.24, 2.45) is 40.7 Å². The fraction of sp³-hybridized carbons (Fsp3) is 0.923. The normalized spacial score (nSPS) is 49.5. The fourth-order valence-corrected chi connectivity index (χ4v) is 3.58. The monoisotopic (exact) mass is 206 g/mol. The van der Waals surface area contributed by atoms with Gasteiger partial charge in [-0.1, -0.05) is 20.8 Å². The zero-order valence-corrected chi connectivity index (χ0v) is 10.0. The van der Waals surface area contributed by atoms with Crippen molar-refractivity contribution in [1.82, 2.24) is 0 Å². The fourth-order valence-electron chi connectivity index (χ4n) is 3.58. The summed E-state index contributed by atoms with van der Waals surface area (Å²) in [4.78, 5) is 0. The van der Waals surface area contributed by atoms with E-state index in [1.54, 1.807) is 0 Å². The second kappa shape index (κ2) is 3.49. The number of nitrogens with zero attached hydrogens (tertiary/aromatic N) is 1. The van der Waals surface area contributed by atoms with E-state index in [9.17, 15) is 0 Å². The van der Waals surface area contributed by atoms with Crippen LogP contribution in [0.25, 0.3) is 0 Å². The molecule has 5 unspecified atom stereocenters. The van der Waals surface area contributed by atoms with Crippen LogP contribution < -0.4 is 5.73 Å². The van der Waals surface area contributed by atoms with Crippen molar-refractivity contribution in [3.05, 3.63) is 0 Å². The molecule has 2 fully saturated rings. The molecular formula is C13H22N2. The maximum Gasteiger partial charge on any atom is 0.0669 e. The third kappa shape index (κ3) is 1.67. The first-order valence-corrected chi connectivity index (χ1v) is 6.14. The third-order valence-corrected chi connectivity index (χ3v) is 5.02. The number of hydrogen-bond donors (Lipinski definition) is 1. The zero-order chi connectivity index (χ0) is 11.2. The summed E-state index contributed by atoms with van der Waals surface area (Å²) in [6.07, 6.45) is 2.42. The molecule has 0 radical (unpaired) electrons. The molecule has 0 aliphatic heterocycles. The van der Waals surface area contributed by atoms with Crippen LogP contribution in [-0.2, 0) is 0 Å². The van der Waals surface area contributed by atoms with Gasteiger partial charge in [-0.05, 0) is 41.9 Å². The Hall–Kier alpha value is -0.550. The standard InChI is InChI=1S/C13H22N2/c1-8-4-11(8)12-9(2)13(12,3)5-10(6-14)7-15/h8-12H,4-6,14H2,1-3H3/t8?,9?,10?,11?,12?,13-/m0/s1. The molecule has 6 atom stereocenters. The number of nitrogens with two attached hydrogens (primary N) is 1. The van der Waals surface area contributed by atoms with Gasteiger partial charge in [0.15, 0.2) is 0 Å². The molecule has 15 heavy (non-hydrogen) atoms. The Bertz CT molecular complexity index is 293. The second-order valence-corrected chi connectivity index (χ2v) is 5.96. The highest BCUT2D eigenvalue weighted by atomic mass is 14.7. The van der Waals surface area contributed by atoms with Gasteiger partial charge in [-0.2, -0.15) is 5.26 Å². The molecular weight excluding hydrogens is 184 g/mol. The second-order valence-electron chi connectivity index (χ2n) is 5.96. The lowest BCUT2D eigenvalue weighted by molar-refractivity contribution is 0.372. The first-order valence-electron chi connectivity index (χ1n) is 6.14. The summed E-state index contributed by atoms with van der Waals surface area (Å²) in [5.41, 5.74) is 6.02. The number of rotatable bonds is 4. The van der Waals surface area contributed by atoms with E-state index < -0.39 is 0 Å². The molecule has 2 rings (SSSR count). The molecule has 2 N–H and O–H groups in total. The van der Waals surface area contributed by atoms with Crippen LogP contribution in [0, 0.1) is 46.3 Å². The summed E-state index contributed by atoms with van der Waals surface area (Å²) in [5.74, 6) is 3.61. The Kier molecular flexibility index (Phi) is 2.55. The lowest BCUT2D eigenvalue weighted by atomic mass is 9.90. The molecule has 0 heterocycles. The van der Waals surface area contributed by atoms with Crippen LogP contribution in [0.2, 0.25) is 0 Å². The van der Waals surface area contributed by atoms with Crippen LogP contribution in [0.3, 0.4) is 0 Å². The number of hydrogen-bond acceptors (Lipinski definition) is 2. The third-order valence-electron chi connectivity index (χ3n) is 5.02. The van der Waals surface area contributed by atoms with Crippen LogP contribution in [0.4, 0.5) is 0 Å². The van der Waals surface area contributed by atoms with E-state index in [0.29, 0.717) is 12.0 Å². The van der Waals surface area contributed by atoms with Crippen molar-refractivity contribution in [3.8, 4) is 6.07 Å². The maximum absolute atomic E-state index is 8.97. The van der Waals surface area contributed by atoms with Crippen molar-refractivity contribution < 1.29 is 0 Å². The molecule has 84 valence electrons. The number of nitriles is 1. The van der Waals surface area contributed by atoms with Gasteiger partial charge in [0, 0.05) is 6.54 Å². The van der Waals surface area contributed by atoms with Crippen LogP contribution >= 0.6 is 0 Å². The quantitative estimate of drug-likeness (QED) is 0.768. The molecule has 2 heteroatoms. The summed E-state index contributed by atoms with van der Waals surface area (Å²) < 4.78 is 0. The first kappa shape index (κ1) is 11.0. The minimum absolute atomic E-state index is 0.0662. The lowest BCUT2D eigenvalue weighted by Gasteiger charge is -2.14. The summed E-state index contributed by atoms with van der Waals surface area (Å²) in [6, 6.07) is 2.33. The van der Waals surface area contributed by atoms with Gasteiger partial charge >= 0.3 is 0 Å². The average Bonchev–Trinajstić information content (AvgIpc) is 3.04. The summed E-state index contributed by atoms with van der Waals surface area (Å²) in [6.45, 7) is 7.57. The van der Waals surface area contributed by atoms with Gasteiger partial charge in [0.05, 0.1) is 12.0 Å². The Morgan fingerprint density at radius 2 is 2.13 bits per heavy atom. The maximum atomic E-state index is 8.97. The Morgan fingerprint density at radius 3 is 2.53 bits per heavy atom. The highest BCUT2D eigenvalue weighted by Crippen LogP contribution is 2.70. The van der Waals surface area contributed by atoms with Crippen LogP contribution in [0.1, 0.15) is 33.6 Å². The Balaban J connectivity index is 1.95. The lowest BCUT2D eigenvalue weighted by Crippen LogP contribution is -2.17. The largest absolute Gasteiger partial charge is 0.329 e. The molecule has 2 nitrogen and oxygen atoms in total. The van der Waals surface area contributed by atoms with Crippen molar-refractivity contribution in [3.63, 3.8) is 0 Å². The van der Waals surface area contributed by atoms with E-state index in [2.05, 4.69) is 26.8 Å². The summed E-state index contributed by atoms with van der Waals surface area (Å²) >= 11 is 0. The average molecular weight is 206 g/mol. The molecule has 0 saturated heterocycles. The summed E-state index contributed by atoms with van der Waals surface area (Å²) in [5, 5.41) is 8.97. The minimum Gasteiger partial charge on any atom is -0.329 e. The predicted octanol–water partition coefficient (Wildman–Crippen LogP) is 2.40. The van der Waals surface area contributed by atoms with Crippen LogP contribution in [0.5, 0.6) is 0 Å². The molecule has 2 aliphatic rings. The predicted molar refractivity (Wildman–Crippen MR) is 60.8 cm³/mol. The highest BCUT2D eigenvalue weighted by molar-refractivity contribution is 5.14. The molecule has 0 bridgehead atoms. The molecule has 0 spiro atoms. The van der Waals surface area contributed by atoms with Crippen molar-refractivity contribution in [2.75, 3.05) is 6.54 Å². The van der Waals surface area contributed by atoms with Gasteiger partial charge in [0.2, 0.25) is 0 Å². The molecule has 0 aromatic rings. The molecule has 0 amide bonds. The Labute approximate surface area is 92.8 Å². The highest BCUT2D eigenvalue weighted by Gasteiger charge is 2.65. The first-order chi connectivity index (χ1) is 7.04. The van der Waals surface area contributed by atoms with Gasteiger partial charge in [0.25, 0.3) is 0 Å². The molecule has 0 aromatic heterocycles. The minimum atomic E-state index is 0.0662. The van der Waals surface area contributed by atoms with Crippen LogP contribution in [0.15, 0.2) is 0 Å². The topological polar surface area (TPSA) is 49.8 Å². The van der Waals surface area contributed by atoms with Crippen molar-refractivity contribution in [1.29, 1.82) is 5.26 Å². The molecule has 2 aliphatic carbocycles. The molecule has 2 saturated carbocycles. The van der Waals surface area contributed by atoms with Gasteiger partial charge in [-0.3, -0.25) is 0 Å².